The summed E-state index contributed by atoms with van der Waals surface area (Å²) in [6.45, 7) is 2.39. The normalized spacial score (nSPS) is 20.7. The molecule has 15 heavy (non-hydrogen) atoms. The molecule has 1 saturated heterocycles. The third-order valence-electron chi connectivity index (χ3n) is 2.49. The molecular formula is C11H15FN2O. The fourth-order valence-electron chi connectivity index (χ4n) is 1.68. The van der Waals surface area contributed by atoms with Crippen LogP contribution in [0.5, 0.6) is 0 Å². The van der Waals surface area contributed by atoms with Crippen molar-refractivity contribution in [3.8, 4) is 0 Å². The quantitative estimate of drug-likeness (QED) is 0.817. The Kier molecular flexibility index (Phi) is 3.64. The summed E-state index contributed by atoms with van der Waals surface area (Å²) >= 11 is 0. The lowest BCUT2D eigenvalue weighted by Gasteiger charge is -2.09. The summed E-state index contributed by atoms with van der Waals surface area (Å²) in [4.78, 5) is 3.96. The molecule has 1 aromatic rings. The Bertz CT molecular complexity index is 296. The lowest BCUT2D eigenvalue weighted by molar-refractivity contribution is 0.110. The van der Waals surface area contributed by atoms with Crippen LogP contribution in [0.1, 0.15) is 18.5 Å². The van der Waals surface area contributed by atoms with E-state index >= 15 is 0 Å². The zero-order chi connectivity index (χ0) is 10.5. The summed E-state index contributed by atoms with van der Waals surface area (Å²) in [6.07, 6.45) is 3.86. The number of ether oxygens (including phenoxy) is 1. The highest BCUT2D eigenvalue weighted by Crippen LogP contribution is 2.10. The Morgan fingerprint density at radius 3 is 3.13 bits per heavy atom. The maximum Gasteiger partial charge on any atom is 0.141 e. The van der Waals surface area contributed by atoms with Crippen LogP contribution in [0.3, 0.4) is 0 Å². The average Bonchev–Trinajstić information content (AvgIpc) is 2.74. The van der Waals surface area contributed by atoms with Crippen LogP contribution in [0.25, 0.3) is 0 Å². The third kappa shape index (κ3) is 3.25. The van der Waals surface area contributed by atoms with Crippen molar-refractivity contribution in [2.24, 2.45) is 0 Å². The van der Waals surface area contributed by atoms with E-state index in [2.05, 4.69) is 10.3 Å². The molecule has 1 aliphatic heterocycles. The monoisotopic (exact) mass is 210 g/mol. The molecule has 0 saturated carbocycles. The molecule has 1 aliphatic rings. The predicted molar refractivity (Wildman–Crippen MR) is 54.9 cm³/mol. The van der Waals surface area contributed by atoms with Gasteiger partial charge in [-0.25, -0.2) is 4.39 Å². The van der Waals surface area contributed by atoms with E-state index in [0.29, 0.717) is 12.6 Å². The van der Waals surface area contributed by atoms with Crippen LogP contribution in [-0.4, -0.2) is 24.2 Å². The minimum atomic E-state index is -0.294. The van der Waals surface area contributed by atoms with Crippen LogP contribution in [0.2, 0.25) is 0 Å². The van der Waals surface area contributed by atoms with Crippen molar-refractivity contribution >= 4 is 0 Å². The molecule has 1 N–H and O–H groups in total. The number of halogens is 1. The van der Waals surface area contributed by atoms with Gasteiger partial charge in [0.15, 0.2) is 0 Å². The van der Waals surface area contributed by atoms with Crippen LogP contribution in [0.4, 0.5) is 4.39 Å². The molecule has 1 unspecified atom stereocenters. The van der Waals surface area contributed by atoms with E-state index in [0.717, 1.165) is 31.7 Å². The number of nitrogens with zero attached hydrogens (tertiary/aromatic N) is 1. The van der Waals surface area contributed by atoms with Crippen molar-refractivity contribution < 1.29 is 9.13 Å². The van der Waals surface area contributed by atoms with Gasteiger partial charge in [0.05, 0.1) is 18.0 Å². The molecule has 1 atom stereocenters. The molecule has 82 valence electrons. The Hall–Kier alpha value is -1.00. The third-order valence-corrected chi connectivity index (χ3v) is 2.49. The van der Waals surface area contributed by atoms with E-state index < -0.39 is 0 Å². The van der Waals surface area contributed by atoms with Gasteiger partial charge in [0.2, 0.25) is 0 Å². The smallest absolute Gasteiger partial charge is 0.141 e. The van der Waals surface area contributed by atoms with Gasteiger partial charge >= 0.3 is 0 Å². The van der Waals surface area contributed by atoms with Gasteiger partial charge < -0.3 is 10.1 Å². The molecule has 0 bridgehead atoms. The Balaban J connectivity index is 1.71. The predicted octanol–water partition coefficient (Wildman–Crippen LogP) is 1.49. The van der Waals surface area contributed by atoms with Crippen molar-refractivity contribution in [2.45, 2.75) is 25.5 Å². The molecule has 0 aliphatic carbocycles. The van der Waals surface area contributed by atoms with Gasteiger partial charge in [0.1, 0.15) is 5.82 Å². The fraction of sp³-hybridized carbons (Fsp3) is 0.545. The summed E-state index contributed by atoms with van der Waals surface area (Å²) < 4.78 is 18.0. The molecule has 0 amide bonds. The maximum atomic E-state index is 12.6. The van der Waals surface area contributed by atoms with Crippen molar-refractivity contribution in [1.82, 2.24) is 10.3 Å². The van der Waals surface area contributed by atoms with Gasteiger partial charge in [-0.2, -0.15) is 0 Å². The summed E-state index contributed by atoms with van der Waals surface area (Å²) in [7, 11) is 0. The van der Waals surface area contributed by atoms with Crippen LogP contribution >= 0.6 is 0 Å². The van der Waals surface area contributed by atoms with E-state index in [-0.39, 0.29) is 5.82 Å². The molecule has 1 fully saturated rings. The molecule has 1 aromatic heterocycles. The van der Waals surface area contributed by atoms with Gasteiger partial charge in [-0.15, -0.1) is 0 Å². The Morgan fingerprint density at radius 2 is 2.47 bits per heavy atom. The molecule has 4 heteroatoms. The maximum absolute atomic E-state index is 12.6. The highest BCUT2D eigenvalue weighted by atomic mass is 19.1. The van der Waals surface area contributed by atoms with Gasteiger partial charge in [0.25, 0.3) is 0 Å². The lowest BCUT2D eigenvalue weighted by Crippen LogP contribution is -2.26. The largest absolute Gasteiger partial charge is 0.377 e. The Morgan fingerprint density at radius 1 is 1.53 bits per heavy atom. The van der Waals surface area contributed by atoms with Gasteiger partial charge in [-0.3, -0.25) is 4.98 Å². The molecule has 2 heterocycles. The van der Waals surface area contributed by atoms with Crippen molar-refractivity contribution in [3.05, 3.63) is 29.8 Å². The van der Waals surface area contributed by atoms with E-state index in [1.165, 1.54) is 12.3 Å². The van der Waals surface area contributed by atoms with Crippen molar-refractivity contribution in [3.63, 3.8) is 0 Å². The van der Waals surface area contributed by atoms with E-state index in [1.54, 1.807) is 6.07 Å². The van der Waals surface area contributed by atoms with Crippen molar-refractivity contribution in [1.29, 1.82) is 0 Å². The Labute approximate surface area is 88.7 Å². The van der Waals surface area contributed by atoms with Crippen LogP contribution in [0.15, 0.2) is 18.3 Å². The van der Waals surface area contributed by atoms with Crippen LogP contribution in [-0.2, 0) is 11.3 Å². The minimum Gasteiger partial charge on any atom is -0.377 e. The zero-order valence-corrected chi connectivity index (χ0v) is 8.58. The highest BCUT2D eigenvalue weighted by Gasteiger charge is 2.14. The summed E-state index contributed by atoms with van der Waals surface area (Å²) in [5.74, 6) is -0.294. The van der Waals surface area contributed by atoms with E-state index in [9.17, 15) is 4.39 Å². The first-order valence-electron chi connectivity index (χ1n) is 5.27. The van der Waals surface area contributed by atoms with Gasteiger partial charge in [0, 0.05) is 19.7 Å². The molecule has 0 aromatic carbocycles. The first-order chi connectivity index (χ1) is 7.34. The van der Waals surface area contributed by atoms with Crippen molar-refractivity contribution in [2.75, 3.05) is 13.2 Å². The second kappa shape index (κ2) is 5.19. The number of pyridine rings is 1. The lowest BCUT2D eigenvalue weighted by atomic mass is 10.2. The highest BCUT2D eigenvalue weighted by molar-refractivity contribution is 5.04. The number of nitrogens with one attached hydrogen (secondary N) is 1. The fourth-order valence-corrected chi connectivity index (χ4v) is 1.68. The SMILES string of the molecule is Fc1ccc(CNCC2CCCO2)nc1. The van der Waals surface area contributed by atoms with Gasteiger partial charge in [-0.1, -0.05) is 0 Å². The second-order valence-corrected chi connectivity index (χ2v) is 3.73. The minimum absolute atomic E-state index is 0.294. The van der Waals surface area contributed by atoms with Gasteiger partial charge in [-0.05, 0) is 25.0 Å². The summed E-state index contributed by atoms with van der Waals surface area (Å²) in [5.41, 5.74) is 0.856. The molecule has 2 rings (SSSR count). The first kappa shape index (κ1) is 10.5. The number of rotatable bonds is 4. The zero-order valence-electron chi connectivity index (χ0n) is 8.58. The second-order valence-electron chi connectivity index (χ2n) is 3.73. The molecule has 0 spiro atoms. The number of aromatic nitrogens is 1. The van der Waals surface area contributed by atoms with E-state index in [1.807, 2.05) is 0 Å². The van der Waals surface area contributed by atoms with Crippen LogP contribution < -0.4 is 5.32 Å². The number of hydrogen-bond donors (Lipinski definition) is 1. The number of hydrogen-bond acceptors (Lipinski definition) is 3. The molecule has 3 nitrogen and oxygen atoms in total. The summed E-state index contributed by atoms with van der Waals surface area (Å²) in [5, 5.41) is 3.25. The topological polar surface area (TPSA) is 34.1 Å². The molecular weight excluding hydrogens is 195 g/mol. The van der Waals surface area contributed by atoms with E-state index in [4.69, 9.17) is 4.74 Å². The summed E-state index contributed by atoms with van der Waals surface area (Å²) in [6, 6.07) is 3.12. The first-order valence-corrected chi connectivity index (χ1v) is 5.27. The molecule has 0 radical (unpaired) electrons. The van der Waals surface area contributed by atoms with Crippen LogP contribution in [0, 0.1) is 5.82 Å². The standard InChI is InChI=1S/C11H15FN2O/c12-9-3-4-10(14-6-9)7-13-8-11-2-1-5-15-11/h3-4,6,11,13H,1-2,5,7-8H2. The average molecular weight is 210 g/mol.